The normalized spacial score (nSPS) is 18.2. The summed E-state index contributed by atoms with van der Waals surface area (Å²) in [6.07, 6.45) is 7.22. The summed E-state index contributed by atoms with van der Waals surface area (Å²) < 4.78 is 13.6. The fourth-order valence-corrected chi connectivity index (χ4v) is 2.37. The molecule has 2 aliphatic heterocycles. The van der Waals surface area contributed by atoms with Crippen molar-refractivity contribution in [3.63, 3.8) is 0 Å². The largest absolute Gasteiger partial charge is 0.348 e. The smallest absolute Gasteiger partial charge is 0.255 e. The molecule has 2 N–H and O–H groups in total. The number of fused-ring (bicyclic) bond motifs is 1. The molecular formula is C18H15FN4O. The minimum absolute atomic E-state index is 0.0880. The van der Waals surface area contributed by atoms with E-state index >= 15 is 0 Å². The number of amidine groups is 1. The van der Waals surface area contributed by atoms with Crippen LogP contribution < -0.4 is 10.6 Å². The zero-order valence-electron chi connectivity index (χ0n) is 13.0. The van der Waals surface area contributed by atoms with Crippen LogP contribution >= 0.6 is 0 Å². The van der Waals surface area contributed by atoms with Crippen molar-refractivity contribution in [2.24, 2.45) is 9.98 Å². The van der Waals surface area contributed by atoms with Gasteiger partial charge in [-0.05, 0) is 37.6 Å². The molecule has 0 radical (unpaired) electrons. The summed E-state index contributed by atoms with van der Waals surface area (Å²) in [6.45, 7) is 1.63. The van der Waals surface area contributed by atoms with Crippen LogP contribution in [0.15, 0.2) is 52.1 Å². The van der Waals surface area contributed by atoms with Gasteiger partial charge >= 0.3 is 0 Å². The summed E-state index contributed by atoms with van der Waals surface area (Å²) in [5.41, 5.74) is 1.24. The Hall–Kier alpha value is -3.20. The van der Waals surface area contributed by atoms with Gasteiger partial charge in [0.1, 0.15) is 24.0 Å². The summed E-state index contributed by atoms with van der Waals surface area (Å²) in [6, 6.07) is 4.22. The monoisotopic (exact) mass is 322 g/mol. The summed E-state index contributed by atoms with van der Waals surface area (Å²) in [5.74, 6) is 5.39. The lowest BCUT2D eigenvalue weighted by Gasteiger charge is -2.13. The number of benzene rings is 1. The quantitative estimate of drug-likeness (QED) is 0.821. The van der Waals surface area contributed by atoms with Crippen molar-refractivity contribution in [2.45, 2.75) is 19.4 Å². The first kappa shape index (κ1) is 15.7. The Morgan fingerprint density at radius 3 is 3.17 bits per heavy atom. The third-order valence-electron chi connectivity index (χ3n) is 3.56. The van der Waals surface area contributed by atoms with Crippen LogP contribution in [0.25, 0.3) is 0 Å². The van der Waals surface area contributed by atoms with Gasteiger partial charge in [0.2, 0.25) is 0 Å². The van der Waals surface area contributed by atoms with E-state index in [-0.39, 0.29) is 17.5 Å². The van der Waals surface area contributed by atoms with E-state index in [0.29, 0.717) is 17.7 Å². The third-order valence-corrected chi connectivity index (χ3v) is 3.56. The predicted molar refractivity (Wildman–Crippen MR) is 92.3 cm³/mol. The molecule has 1 aromatic rings. The molecule has 3 rings (SSSR count). The number of nitrogens with one attached hydrogen (secondary N) is 2. The molecule has 0 saturated carbocycles. The van der Waals surface area contributed by atoms with Crippen LogP contribution in [0.4, 0.5) is 10.1 Å². The molecule has 120 valence electrons. The van der Waals surface area contributed by atoms with E-state index in [2.05, 4.69) is 32.5 Å². The van der Waals surface area contributed by atoms with Crippen LogP contribution in [0.2, 0.25) is 0 Å². The molecular weight excluding hydrogens is 307 g/mol. The maximum absolute atomic E-state index is 13.6. The number of nitrogens with zero attached hydrogens (tertiary/aromatic N) is 2. The van der Waals surface area contributed by atoms with Gasteiger partial charge in [-0.2, -0.15) is 0 Å². The van der Waals surface area contributed by atoms with Crippen molar-refractivity contribution in [1.29, 1.82) is 0 Å². The molecule has 6 heteroatoms. The Balaban J connectivity index is 1.75. The van der Waals surface area contributed by atoms with Crippen LogP contribution in [0, 0.1) is 17.7 Å². The van der Waals surface area contributed by atoms with E-state index in [1.807, 2.05) is 6.08 Å². The first-order valence-electron chi connectivity index (χ1n) is 7.43. The standard InChI is InChI=1S/C18H15FN4O/c1-2-3-13-10-14(5-6-15(13)19)23-18(24)12-4-7-16-17(20-9-8-12)22-11-21-16/h4-6,8-11,16H,7H2,1H3,(H,23,24)(H,20,21,22). The molecule has 0 aliphatic carbocycles. The van der Waals surface area contributed by atoms with E-state index in [0.717, 1.165) is 5.84 Å². The van der Waals surface area contributed by atoms with Gasteiger partial charge in [0.25, 0.3) is 5.91 Å². The van der Waals surface area contributed by atoms with Gasteiger partial charge in [0.15, 0.2) is 0 Å². The highest BCUT2D eigenvalue weighted by atomic mass is 19.1. The highest BCUT2D eigenvalue weighted by molar-refractivity contribution is 6.06. The van der Waals surface area contributed by atoms with Gasteiger partial charge in [0, 0.05) is 17.5 Å². The van der Waals surface area contributed by atoms with Gasteiger partial charge in [-0.15, -0.1) is 5.92 Å². The van der Waals surface area contributed by atoms with Crippen LogP contribution in [0.1, 0.15) is 18.9 Å². The minimum atomic E-state index is -0.414. The van der Waals surface area contributed by atoms with Crippen LogP contribution in [-0.2, 0) is 4.79 Å². The van der Waals surface area contributed by atoms with Crippen molar-refractivity contribution in [1.82, 2.24) is 5.32 Å². The molecule has 0 saturated heterocycles. The molecule has 2 aliphatic rings. The van der Waals surface area contributed by atoms with Crippen LogP contribution in [-0.4, -0.2) is 24.1 Å². The van der Waals surface area contributed by atoms with E-state index in [1.54, 1.807) is 19.2 Å². The third kappa shape index (κ3) is 3.41. The zero-order valence-corrected chi connectivity index (χ0v) is 13.0. The topological polar surface area (TPSA) is 65.8 Å². The summed E-state index contributed by atoms with van der Waals surface area (Å²) in [5, 5.41) is 5.78. The Bertz CT molecular complexity index is 856. The Morgan fingerprint density at radius 2 is 2.33 bits per heavy atom. The Morgan fingerprint density at radius 1 is 1.46 bits per heavy atom. The second-order valence-corrected chi connectivity index (χ2v) is 5.19. The SMILES string of the molecule is CC#Cc1cc(NC(=O)C2=CCC3N=CN=C3NC=C2)ccc1F. The fourth-order valence-electron chi connectivity index (χ4n) is 2.37. The first-order chi connectivity index (χ1) is 11.7. The van der Waals surface area contributed by atoms with Crippen LogP contribution in [0.3, 0.4) is 0 Å². The fraction of sp³-hybridized carbons (Fsp3) is 0.167. The Labute approximate surface area is 139 Å². The van der Waals surface area contributed by atoms with Crippen molar-refractivity contribution < 1.29 is 9.18 Å². The number of rotatable bonds is 2. The molecule has 1 amide bonds. The molecule has 5 nitrogen and oxygen atoms in total. The van der Waals surface area contributed by atoms with Crippen molar-refractivity contribution in [3.05, 3.63) is 53.5 Å². The maximum atomic E-state index is 13.6. The zero-order chi connectivity index (χ0) is 16.9. The molecule has 0 fully saturated rings. The number of aliphatic imine (C=N–C) groups is 2. The summed E-state index contributed by atoms with van der Waals surface area (Å²) in [7, 11) is 0. The van der Waals surface area contributed by atoms with E-state index < -0.39 is 5.82 Å². The molecule has 0 spiro atoms. The lowest BCUT2D eigenvalue weighted by atomic mass is 10.1. The average Bonchev–Trinajstić information content (AvgIpc) is 2.97. The van der Waals surface area contributed by atoms with E-state index in [1.165, 1.54) is 24.5 Å². The van der Waals surface area contributed by atoms with Gasteiger partial charge in [-0.1, -0.05) is 12.0 Å². The van der Waals surface area contributed by atoms with Gasteiger partial charge in [-0.3, -0.25) is 9.79 Å². The maximum Gasteiger partial charge on any atom is 0.255 e. The predicted octanol–water partition coefficient (Wildman–Crippen LogP) is 2.38. The van der Waals surface area contributed by atoms with Crippen molar-refractivity contribution in [3.8, 4) is 11.8 Å². The van der Waals surface area contributed by atoms with E-state index in [4.69, 9.17) is 0 Å². The lowest BCUT2D eigenvalue weighted by molar-refractivity contribution is -0.112. The van der Waals surface area contributed by atoms with Crippen molar-refractivity contribution in [2.75, 3.05) is 5.32 Å². The molecule has 1 unspecified atom stereocenters. The molecule has 0 aromatic heterocycles. The molecule has 1 atom stereocenters. The Kier molecular flexibility index (Phi) is 4.52. The molecule has 0 bridgehead atoms. The molecule has 24 heavy (non-hydrogen) atoms. The number of halogens is 1. The summed E-state index contributed by atoms with van der Waals surface area (Å²) >= 11 is 0. The van der Waals surface area contributed by atoms with Crippen LogP contribution in [0.5, 0.6) is 0 Å². The number of carbonyl (C=O) groups excluding carboxylic acids is 1. The molecule has 2 heterocycles. The van der Waals surface area contributed by atoms with Gasteiger partial charge in [-0.25, -0.2) is 9.38 Å². The number of hydrogen-bond donors (Lipinski definition) is 2. The van der Waals surface area contributed by atoms with Crippen molar-refractivity contribution >= 4 is 23.8 Å². The first-order valence-corrected chi connectivity index (χ1v) is 7.43. The highest BCUT2D eigenvalue weighted by Crippen LogP contribution is 2.17. The minimum Gasteiger partial charge on any atom is -0.348 e. The second-order valence-electron chi connectivity index (χ2n) is 5.19. The summed E-state index contributed by atoms with van der Waals surface area (Å²) in [4.78, 5) is 20.8. The number of hydrogen-bond acceptors (Lipinski definition) is 4. The van der Waals surface area contributed by atoms with Gasteiger partial charge < -0.3 is 10.6 Å². The lowest BCUT2D eigenvalue weighted by Crippen LogP contribution is -2.29. The number of carbonyl (C=O) groups is 1. The van der Waals surface area contributed by atoms with E-state index in [9.17, 15) is 9.18 Å². The highest BCUT2D eigenvalue weighted by Gasteiger charge is 2.19. The average molecular weight is 322 g/mol. The van der Waals surface area contributed by atoms with Gasteiger partial charge in [0.05, 0.1) is 5.56 Å². The number of anilines is 1. The second kappa shape index (κ2) is 6.92. The molecule has 1 aromatic carbocycles. The number of amides is 1.